The van der Waals surface area contributed by atoms with Gasteiger partial charge in [-0.15, -0.1) is 11.3 Å². The Balaban J connectivity index is 1.92. The molecule has 8 heteroatoms. The van der Waals surface area contributed by atoms with Crippen LogP contribution in [0.4, 0.5) is 10.5 Å². The van der Waals surface area contributed by atoms with Crippen molar-refractivity contribution in [1.82, 2.24) is 10.2 Å². The van der Waals surface area contributed by atoms with Gasteiger partial charge in [-0.2, -0.15) is 0 Å². The Kier molecular flexibility index (Phi) is 5.84. The van der Waals surface area contributed by atoms with Crippen molar-refractivity contribution < 1.29 is 14.7 Å². The predicted molar refractivity (Wildman–Crippen MR) is 109 cm³/mol. The van der Waals surface area contributed by atoms with E-state index in [1.807, 2.05) is 19.0 Å². The Morgan fingerprint density at radius 3 is 2.78 bits per heavy atom. The molecule has 0 aliphatic carbocycles. The Morgan fingerprint density at radius 2 is 2.11 bits per heavy atom. The van der Waals surface area contributed by atoms with Gasteiger partial charge in [0.15, 0.2) is 0 Å². The number of thiophene rings is 1. The van der Waals surface area contributed by atoms with Crippen molar-refractivity contribution in [3.8, 4) is 0 Å². The maximum absolute atomic E-state index is 13.0. The molecule has 0 unspecified atom stereocenters. The molecule has 1 aromatic carbocycles. The molecule has 6 nitrogen and oxygen atoms in total. The van der Waals surface area contributed by atoms with E-state index < -0.39 is 11.9 Å². The second-order valence-corrected chi connectivity index (χ2v) is 7.78. The fourth-order valence-electron chi connectivity index (χ4n) is 2.88. The Bertz CT molecular complexity index is 894. The van der Waals surface area contributed by atoms with Crippen LogP contribution in [-0.4, -0.2) is 49.1 Å². The molecule has 1 aliphatic heterocycles. The lowest BCUT2D eigenvalue weighted by molar-refractivity contribution is -0.112. The molecular formula is C19H20ClN3O3S. The number of amides is 3. The lowest BCUT2D eigenvalue weighted by Crippen LogP contribution is -2.42. The van der Waals surface area contributed by atoms with Gasteiger partial charge >= 0.3 is 6.03 Å². The van der Waals surface area contributed by atoms with Crippen LogP contribution in [0.1, 0.15) is 16.9 Å². The van der Waals surface area contributed by atoms with Crippen molar-refractivity contribution in [3.05, 3.63) is 51.2 Å². The largest absolute Gasteiger partial charge is 0.506 e. The van der Waals surface area contributed by atoms with Gasteiger partial charge in [-0.1, -0.05) is 17.7 Å². The normalized spacial score (nSPS) is 15.3. The van der Waals surface area contributed by atoms with E-state index in [-0.39, 0.29) is 11.3 Å². The van der Waals surface area contributed by atoms with Crippen LogP contribution in [0.25, 0.3) is 11.3 Å². The number of anilines is 1. The predicted octanol–water partition coefficient (Wildman–Crippen LogP) is 3.84. The van der Waals surface area contributed by atoms with Gasteiger partial charge in [0.05, 0.1) is 16.1 Å². The molecular weight excluding hydrogens is 386 g/mol. The summed E-state index contributed by atoms with van der Waals surface area (Å²) >= 11 is 7.40. The van der Waals surface area contributed by atoms with Crippen LogP contribution in [0, 0.1) is 0 Å². The average molecular weight is 406 g/mol. The van der Waals surface area contributed by atoms with Gasteiger partial charge in [-0.25, -0.2) is 9.69 Å². The third-order valence-corrected chi connectivity index (χ3v) is 5.25. The minimum absolute atomic E-state index is 0.0818. The molecule has 2 heterocycles. The third kappa shape index (κ3) is 4.00. The first kappa shape index (κ1) is 19.4. The van der Waals surface area contributed by atoms with E-state index in [0.29, 0.717) is 27.7 Å². The van der Waals surface area contributed by atoms with Crippen LogP contribution < -0.4 is 10.2 Å². The van der Waals surface area contributed by atoms with Gasteiger partial charge in [0, 0.05) is 17.1 Å². The number of hydrogen-bond acceptors (Lipinski definition) is 5. The molecule has 0 bridgehead atoms. The number of benzene rings is 1. The first-order chi connectivity index (χ1) is 12.9. The number of hydrogen-bond donors (Lipinski definition) is 2. The smallest absolute Gasteiger partial charge is 0.329 e. The first-order valence-electron chi connectivity index (χ1n) is 8.44. The molecule has 0 saturated carbocycles. The molecule has 3 rings (SSSR count). The number of carbonyl (C=O) groups excluding carboxylic acids is 2. The molecule has 3 amide bonds. The molecule has 0 atom stereocenters. The van der Waals surface area contributed by atoms with E-state index in [1.54, 1.807) is 35.7 Å². The maximum atomic E-state index is 13.0. The van der Waals surface area contributed by atoms with Crippen LogP contribution in [0.2, 0.25) is 5.02 Å². The van der Waals surface area contributed by atoms with E-state index in [1.165, 1.54) is 11.3 Å². The van der Waals surface area contributed by atoms with Crippen molar-refractivity contribution in [3.63, 3.8) is 0 Å². The van der Waals surface area contributed by atoms with Gasteiger partial charge in [-0.05, 0) is 56.7 Å². The quantitative estimate of drug-likeness (QED) is 0.450. The van der Waals surface area contributed by atoms with E-state index >= 15 is 0 Å². The monoisotopic (exact) mass is 405 g/mol. The minimum atomic E-state index is -0.566. The Hall–Kier alpha value is -2.35. The van der Waals surface area contributed by atoms with E-state index in [9.17, 15) is 14.7 Å². The van der Waals surface area contributed by atoms with Crippen LogP contribution >= 0.6 is 22.9 Å². The van der Waals surface area contributed by atoms with Crippen molar-refractivity contribution in [2.24, 2.45) is 0 Å². The Morgan fingerprint density at radius 1 is 1.33 bits per heavy atom. The second kappa shape index (κ2) is 8.12. The number of halogens is 1. The summed E-state index contributed by atoms with van der Waals surface area (Å²) in [7, 11) is 3.91. The van der Waals surface area contributed by atoms with Gasteiger partial charge in [0.25, 0.3) is 5.91 Å². The number of fused-ring (bicyclic) bond motifs is 1. The molecule has 0 saturated heterocycles. The third-order valence-electron chi connectivity index (χ3n) is 4.14. The standard InChI is InChI=1S/C19H20ClN3O3S/c1-22(2)9-4-8-21-19(26)23-14-7-6-12(20)11-13(14)16(18(23)25)17(24)15-5-3-10-27-15/h3,5-7,10-11,24H,4,8-9H2,1-2H3,(H,21,26)/b17-16+. The number of nitrogens with zero attached hydrogens (tertiary/aromatic N) is 2. The zero-order chi connectivity index (χ0) is 19.6. The number of imide groups is 1. The van der Waals surface area contributed by atoms with Crippen molar-refractivity contribution in [2.75, 3.05) is 32.1 Å². The summed E-state index contributed by atoms with van der Waals surface area (Å²) < 4.78 is 0. The minimum Gasteiger partial charge on any atom is -0.506 e. The lowest BCUT2D eigenvalue weighted by Gasteiger charge is -2.17. The molecule has 27 heavy (non-hydrogen) atoms. The van der Waals surface area contributed by atoms with E-state index in [2.05, 4.69) is 5.32 Å². The van der Waals surface area contributed by atoms with Crippen molar-refractivity contribution in [2.45, 2.75) is 6.42 Å². The van der Waals surface area contributed by atoms with Crippen molar-refractivity contribution >= 4 is 51.9 Å². The van der Waals surface area contributed by atoms with Gasteiger partial charge < -0.3 is 15.3 Å². The number of rotatable bonds is 5. The van der Waals surface area contributed by atoms with Gasteiger partial charge in [-0.3, -0.25) is 4.79 Å². The number of aliphatic hydroxyl groups is 1. The highest BCUT2D eigenvalue weighted by atomic mass is 35.5. The fourth-order valence-corrected chi connectivity index (χ4v) is 3.72. The van der Waals surface area contributed by atoms with E-state index in [4.69, 9.17) is 11.6 Å². The highest BCUT2D eigenvalue weighted by Gasteiger charge is 2.39. The lowest BCUT2D eigenvalue weighted by atomic mass is 10.1. The second-order valence-electron chi connectivity index (χ2n) is 6.39. The molecule has 1 aromatic heterocycles. The van der Waals surface area contributed by atoms with E-state index in [0.717, 1.165) is 17.9 Å². The van der Waals surface area contributed by atoms with Crippen molar-refractivity contribution in [1.29, 1.82) is 0 Å². The van der Waals surface area contributed by atoms with Gasteiger partial charge in [0.2, 0.25) is 0 Å². The molecule has 0 radical (unpaired) electrons. The molecule has 142 valence electrons. The molecule has 2 N–H and O–H groups in total. The maximum Gasteiger partial charge on any atom is 0.329 e. The highest BCUT2D eigenvalue weighted by molar-refractivity contribution is 7.11. The number of nitrogens with one attached hydrogen (secondary N) is 1. The Labute approximate surface area is 166 Å². The fraction of sp³-hybridized carbons (Fsp3) is 0.263. The summed E-state index contributed by atoms with van der Waals surface area (Å²) in [5.41, 5.74) is 0.938. The zero-order valence-corrected chi connectivity index (χ0v) is 16.6. The van der Waals surface area contributed by atoms with Crippen LogP contribution in [0.3, 0.4) is 0 Å². The topological polar surface area (TPSA) is 72.9 Å². The summed E-state index contributed by atoms with van der Waals surface area (Å²) in [6, 6.07) is 7.80. The summed E-state index contributed by atoms with van der Waals surface area (Å²) in [5, 5.41) is 15.6. The van der Waals surface area contributed by atoms with Gasteiger partial charge in [0.1, 0.15) is 5.76 Å². The number of aliphatic hydroxyl groups excluding tert-OH is 1. The SMILES string of the molecule is CN(C)CCCNC(=O)N1C(=O)/C(=C(/O)c2cccs2)c2cc(Cl)ccc21. The zero-order valence-electron chi connectivity index (χ0n) is 15.0. The first-order valence-corrected chi connectivity index (χ1v) is 9.70. The summed E-state index contributed by atoms with van der Waals surface area (Å²) in [6.07, 6.45) is 0.761. The number of urea groups is 1. The van der Waals surface area contributed by atoms with Crippen LogP contribution in [0.5, 0.6) is 0 Å². The van der Waals surface area contributed by atoms with Crippen LogP contribution in [0.15, 0.2) is 35.7 Å². The summed E-state index contributed by atoms with van der Waals surface area (Å²) in [5.74, 6) is -0.718. The van der Waals surface area contributed by atoms with Crippen LogP contribution in [-0.2, 0) is 4.79 Å². The summed E-state index contributed by atoms with van der Waals surface area (Å²) in [4.78, 5) is 29.3. The average Bonchev–Trinajstić information content (AvgIpc) is 3.23. The molecule has 1 aliphatic rings. The highest BCUT2D eigenvalue weighted by Crippen LogP contribution is 2.42. The summed E-state index contributed by atoms with van der Waals surface area (Å²) in [6.45, 7) is 1.27. The molecule has 0 spiro atoms. The molecule has 2 aromatic rings. The molecule has 0 fully saturated rings. The number of carbonyl (C=O) groups is 2.